The monoisotopic (exact) mass is 265 g/mol. The normalized spacial score (nSPS) is 21.7. The van der Waals surface area contributed by atoms with Crippen LogP contribution in [0.5, 0.6) is 0 Å². The number of fused-ring (bicyclic) bond motifs is 1. The van der Waals surface area contributed by atoms with Crippen LogP contribution in [-0.2, 0) is 12.6 Å². The van der Waals surface area contributed by atoms with Crippen LogP contribution < -0.4 is 5.73 Å². The fraction of sp³-hybridized carbons (Fsp3) is 0.500. The van der Waals surface area contributed by atoms with Crippen LogP contribution >= 0.6 is 0 Å². The number of nitrogens with two attached hydrogens (primary N) is 1. The molecule has 1 aliphatic rings. The molecular weight excluding hydrogens is 248 g/mol. The van der Waals surface area contributed by atoms with Crippen LogP contribution in [0.1, 0.15) is 31.4 Å². The molecule has 1 saturated carbocycles. The Kier molecular flexibility index (Phi) is 2.64. The molecule has 0 radical (unpaired) electrons. The van der Waals surface area contributed by atoms with Gasteiger partial charge in [0, 0.05) is 25.3 Å². The Bertz CT molecular complexity index is 608. The number of aromatic nitrogens is 2. The molecule has 1 heterocycles. The van der Waals surface area contributed by atoms with Crippen molar-refractivity contribution in [3.63, 3.8) is 0 Å². The van der Waals surface area contributed by atoms with Gasteiger partial charge < -0.3 is 5.73 Å². The summed E-state index contributed by atoms with van der Waals surface area (Å²) in [7, 11) is 1.85. The van der Waals surface area contributed by atoms with Crippen molar-refractivity contribution < 1.29 is 8.78 Å². The summed E-state index contributed by atoms with van der Waals surface area (Å²) in [5, 5.41) is 5.45. The van der Waals surface area contributed by atoms with Gasteiger partial charge in [0.25, 0.3) is 0 Å². The first kappa shape index (κ1) is 12.5. The second-order valence-corrected chi connectivity index (χ2v) is 5.50. The molecule has 0 aliphatic heterocycles. The lowest BCUT2D eigenvalue weighted by Gasteiger charge is -2.36. The molecule has 1 aliphatic carbocycles. The molecule has 3 rings (SSSR count). The standard InChI is InChI=1S/C14H17F2N3/c1-19-11-5-3-2-4-10(11)12(18-19)13(17)6-8-14(15,16)9-7-13/h2-5H,6-9,17H2,1H3. The van der Waals surface area contributed by atoms with E-state index in [2.05, 4.69) is 5.10 Å². The Morgan fingerprint density at radius 1 is 1.16 bits per heavy atom. The lowest BCUT2D eigenvalue weighted by molar-refractivity contribution is -0.0518. The Labute approximate surface area is 110 Å². The summed E-state index contributed by atoms with van der Waals surface area (Å²) < 4.78 is 28.4. The van der Waals surface area contributed by atoms with Gasteiger partial charge in [-0.2, -0.15) is 5.10 Å². The van der Waals surface area contributed by atoms with Crippen molar-refractivity contribution in [1.29, 1.82) is 0 Å². The fourth-order valence-corrected chi connectivity index (χ4v) is 2.88. The van der Waals surface area contributed by atoms with Crippen LogP contribution in [0.3, 0.4) is 0 Å². The maximum atomic E-state index is 13.3. The zero-order chi connectivity index (χ0) is 13.7. The number of rotatable bonds is 1. The summed E-state index contributed by atoms with van der Waals surface area (Å²) in [6, 6.07) is 7.78. The minimum Gasteiger partial charge on any atom is -0.320 e. The van der Waals surface area contributed by atoms with Gasteiger partial charge in [-0.15, -0.1) is 0 Å². The summed E-state index contributed by atoms with van der Waals surface area (Å²) in [6.07, 6.45) is 0.241. The van der Waals surface area contributed by atoms with E-state index in [1.165, 1.54) is 0 Å². The van der Waals surface area contributed by atoms with E-state index < -0.39 is 11.5 Å². The molecule has 102 valence electrons. The molecule has 0 unspecified atom stereocenters. The second kappa shape index (κ2) is 4.00. The number of aryl methyl sites for hydroxylation is 1. The molecule has 0 spiro atoms. The van der Waals surface area contributed by atoms with Crippen LogP contribution in [0.4, 0.5) is 8.78 Å². The van der Waals surface area contributed by atoms with Crippen LogP contribution in [0.2, 0.25) is 0 Å². The third-order valence-corrected chi connectivity index (χ3v) is 4.10. The van der Waals surface area contributed by atoms with E-state index in [9.17, 15) is 8.78 Å². The molecular formula is C14H17F2N3. The summed E-state index contributed by atoms with van der Waals surface area (Å²) in [5.41, 5.74) is 7.37. The molecule has 19 heavy (non-hydrogen) atoms. The van der Waals surface area contributed by atoms with E-state index in [-0.39, 0.29) is 25.7 Å². The average molecular weight is 265 g/mol. The molecule has 0 bridgehead atoms. The molecule has 0 amide bonds. The molecule has 1 fully saturated rings. The molecule has 1 aromatic heterocycles. The van der Waals surface area contributed by atoms with Crippen molar-refractivity contribution in [2.24, 2.45) is 12.8 Å². The number of para-hydroxylation sites is 1. The summed E-state index contributed by atoms with van der Waals surface area (Å²) >= 11 is 0. The summed E-state index contributed by atoms with van der Waals surface area (Å²) in [5.74, 6) is -2.58. The molecule has 5 heteroatoms. The van der Waals surface area contributed by atoms with Crippen molar-refractivity contribution in [3.8, 4) is 0 Å². The highest BCUT2D eigenvalue weighted by Crippen LogP contribution is 2.43. The first-order valence-electron chi connectivity index (χ1n) is 6.50. The van der Waals surface area contributed by atoms with E-state index in [1.54, 1.807) is 4.68 Å². The van der Waals surface area contributed by atoms with E-state index >= 15 is 0 Å². The van der Waals surface area contributed by atoms with Gasteiger partial charge in [0.2, 0.25) is 5.92 Å². The van der Waals surface area contributed by atoms with E-state index in [0.717, 1.165) is 16.6 Å². The first-order chi connectivity index (χ1) is 8.91. The second-order valence-electron chi connectivity index (χ2n) is 5.50. The van der Waals surface area contributed by atoms with E-state index in [0.29, 0.717) is 0 Å². The van der Waals surface area contributed by atoms with Crippen molar-refractivity contribution in [2.45, 2.75) is 37.1 Å². The number of nitrogens with zero attached hydrogens (tertiary/aromatic N) is 2. The number of hydrogen-bond donors (Lipinski definition) is 1. The number of hydrogen-bond acceptors (Lipinski definition) is 2. The first-order valence-corrected chi connectivity index (χ1v) is 6.50. The smallest absolute Gasteiger partial charge is 0.248 e. The van der Waals surface area contributed by atoms with E-state index in [4.69, 9.17) is 5.73 Å². The van der Waals surface area contributed by atoms with Crippen LogP contribution in [0.15, 0.2) is 24.3 Å². The third-order valence-electron chi connectivity index (χ3n) is 4.10. The predicted molar refractivity (Wildman–Crippen MR) is 70.0 cm³/mol. The largest absolute Gasteiger partial charge is 0.320 e. The highest BCUT2D eigenvalue weighted by molar-refractivity contribution is 5.82. The lowest BCUT2D eigenvalue weighted by Crippen LogP contribution is -2.44. The van der Waals surface area contributed by atoms with Crippen LogP contribution in [0.25, 0.3) is 10.9 Å². The number of halogens is 2. The highest BCUT2D eigenvalue weighted by atomic mass is 19.3. The molecule has 2 aromatic rings. The van der Waals surface area contributed by atoms with Crippen molar-refractivity contribution in [3.05, 3.63) is 30.0 Å². The Morgan fingerprint density at radius 3 is 2.47 bits per heavy atom. The van der Waals surface area contributed by atoms with Crippen LogP contribution in [0, 0.1) is 0 Å². The molecule has 0 saturated heterocycles. The number of alkyl halides is 2. The van der Waals surface area contributed by atoms with Gasteiger partial charge in [0.1, 0.15) is 0 Å². The van der Waals surface area contributed by atoms with Gasteiger partial charge in [0.05, 0.1) is 16.7 Å². The minimum absolute atomic E-state index is 0.158. The molecule has 0 atom stereocenters. The SMILES string of the molecule is Cn1nc(C2(N)CCC(F)(F)CC2)c2ccccc21. The number of benzene rings is 1. The summed E-state index contributed by atoms with van der Waals surface area (Å²) in [4.78, 5) is 0. The quantitative estimate of drug-likeness (QED) is 0.861. The van der Waals surface area contributed by atoms with Gasteiger partial charge in [-0.05, 0) is 18.9 Å². The summed E-state index contributed by atoms with van der Waals surface area (Å²) in [6.45, 7) is 0. The molecule has 1 aromatic carbocycles. The van der Waals surface area contributed by atoms with Crippen LogP contribution in [-0.4, -0.2) is 15.7 Å². The Hall–Kier alpha value is -1.49. The average Bonchev–Trinajstić information content (AvgIpc) is 2.73. The Morgan fingerprint density at radius 2 is 1.79 bits per heavy atom. The van der Waals surface area contributed by atoms with Gasteiger partial charge in [0.15, 0.2) is 0 Å². The van der Waals surface area contributed by atoms with Crippen molar-refractivity contribution in [2.75, 3.05) is 0 Å². The predicted octanol–water partition coefficient (Wildman–Crippen LogP) is 2.94. The minimum atomic E-state index is -2.58. The van der Waals surface area contributed by atoms with Gasteiger partial charge in [-0.3, -0.25) is 4.68 Å². The lowest BCUT2D eigenvalue weighted by atomic mass is 9.77. The third kappa shape index (κ3) is 2.02. The van der Waals surface area contributed by atoms with Gasteiger partial charge >= 0.3 is 0 Å². The fourth-order valence-electron chi connectivity index (χ4n) is 2.88. The molecule has 2 N–H and O–H groups in total. The zero-order valence-corrected chi connectivity index (χ0v) is 10.9. The maximum absolute atomic E-state index is 13.3. The maximum Gasteiger partial charge on any atom is 0.248 e. The van der Waals surface area contributed by atoms with Gasteiger partial charge in [-0.25, -0.2) is 8.78 Å². The van der Waals surface area contributed by atoms with Crippen molar-refractivity contribution in [1.82, 2.24) is 9.78 Å². The van der Waals surface area contributed by atoms with Gasteiger partial charge in [-0.1, -0.05) is 18.2 Å². The zero-order valence-electron chi connectivity index (χ0n) is 10.9. The molecule has 3 nitrogen and oxygen atoms in total. The van der Waals surface area contributed by atoms with Crippen molar-refractivity contribution >= 4 is 10.9 Å². The highest BCUT2D eigenvalue weighted by Gasteiger charge is 2.44. The topological polar surface area (TPSA) is 43.8 Å². The van der Waals surface area contributed by atoms with E-state index in [1.807, 2.05) is 31.3 Å². The Balaban J connectivity index is 2.05.